The van der Waals surface area contributed by atoms with Gasteiger partial charge in [-0.1, -0.05) is 17.3 Å². The molecule has 0 unspecified atom stereocenters. The number of anilines is 2. The van der Waals surface area contributed by atoms with Crippen LogP contribution in [0.3, 0.4) is 0 Å². The summed E-state index contributed by atoms with van der Waals surface area (Å²) in [5.41, 5.74) is 2.87. The zero-order valence-electron chi connectivity index (χ0n) is 15.8. The molecular weight excluding hydrogens is 356 g/mol. The van der Waals surface area contributed by atoms with Crippen molar-refractivity contribution in [3.8, 4) is 0 Å². The molecule has 28 heavy (non-hydrogen) atoms. The maximum atomic E-state index is 5.53. The number of morpholine rings is 1. The number of rotatable bonds is 4. The third kappa shape index (κ3) is 3.53. The van der Waals surface area contributed by atoms with Crippen LogP contribution in [0.15, 0.2) is 41.1 Å². The fraction of sp³-hybridized carbons (Fsp3) is 0.450. The monoisotopic (exact) mass is 380 g/mol. The normalized spacial score (nSPS) is 18.7. The van der Waals surface area contributed by atoms with Crippen molar-refractivity contribution in [1.29, 1.82) is 0 Å². The van der Waals surface area contributed by atoms with Crippen LogP contribution in [0.25, 0.3) is 11.0 Å². The number of hydrogen-bond donors (Lipinski definition) is 0. The van der Waals surface area contributed by atoms with Gasteiger partial charge < -0.3 is 19.1 Å². The molecule has 2 aliphatic rings. The number of benzene rings is 1. The molecule has 0 amide bonds. The Morgan fingerprint density at radius 1 is 0.786 bits per heavy atom. The summed E-state index contributed by atoms with van der Waals surface area (Å²) >= 11 is 0. The first kappa shape index (κ1) is 17.4. The highest BCUT2D eigenvalue weighted by molar-refractivity contribution is 5.81. The number of aromatic nitrogens is 3. The van der Waals surface area contributed by atoms with Crippen molar-refractivity contribution in [2.24, 2.45) is 0 Å². The first-order valence-corrected chi connectivity index (χ1v) is 9.83. The van der Waals surface area contributed by atoms with E-state index in [-0.39, 0.29) is 0 Å². The molecule has 2 fully saturated rings. The molecule has 8 nitrogen and oxygen atoms in total. The lowest BCUT2D eigenvalue weighted by Crippen LogP contribution is -2.47. The zero-order valence-corrected chi connectivity index (χ0v) is 15.8. The minimum atomic E-state index is 0.736. The highest BCUT2D eigenvalue weighted by atomic mass is 16.5. The highest BCUT2D eigenvalue weighted by Gasteiger charge is 2.25. The quantitative estimate of drug-likeness (QED) is 0.678. The third-order valence-corrected chi connectivity index (χ3v) is 5.39. The van der Waals surface area contributed by atoms with Gasteiger partial charge in [-0.25, -0.2) is 9.97 Å². The molecular formula is C20H24N6O2. The van der Waals surface area contributed by atoms with Crippen LogP contribution in [0.2, 0.25) is 0 Å². The summed E-state index contributed by atoms with van der Waals surface area (Å²) in [4.78, 5) is 17.1. The van der Waals surface area contributed by atoms with E-state index in [9.17, 15) is 0 Å². The van der Waals surface area contributed by atoms with Crippen LogP contribution >= 0.6 is 0 Å². The Bertz CT molecular complexity index is 918. The molecule has 3 aromatic rings. The van der Waals surface area contributed by atoms with E-state index in [1.54, 1.807) is 6.26 Å². The van der Waals surface area contributed by atoms with Crippen LogP contribution in [0.5, 0.6) is 0 Å². The summed E-state index contributed by atoms with van der Waals surface area (Å²) in [6.45, 7) is 7.76. The molecule has 4 heterocycles. The minimum absolute atomic E-state index is 0.736. The van der Waals surface area contributed by atoms with Gasteiger partial charge in [0.2, 0.25) is 0 Å². The highest BCUT2D eigenvalue weighted by Crippen LogP contribution is 2.29. The molecule has 8 heteroatoms. The number of ether oxygens (including phenoxy) is 1. The van der Waals surface area contributed by atoms with Crippen LogP contribution in [-0.4, -0.2) is 72.5 Å². The molecule has 1 aromatic carbocycles. The predicted octanol–water partition coefficient (Wildman–Crippen LogP) is 1.78. The lowest BCUT2D eigenvalue weighted by Gasteiger charge is -2.37. The predicted molar refractivity (Wildman–Crippen MR) is 107 cm³/mol. The maximum absolute atomic E-state index is 5.53. The smallest absolute Gasteiger partial charge is 0.172 e. The summed E-state index contributed by atoms with van der Waals surface area (Å²) in [7, 11) is 0. The van der Waals surface area contributed by atoms with Gasteiger partial charge in [0.1, 0.15) is 6.26 Å². The molecule has 0 bridgehead atoms. The second kappa shape index (κ2) is 7.73. The average Bonchev–Trinajstić information content (AvgIpc) is 3.27. The zero-order chi connectivity index (χ0) is 18.8. The Kier molecular flexibility index (Phi) is 4.80. The van der Waals surface area contributed by atoms with E-state index in [0.717, 1.165) is 87.4 Å². The summed E-state index contributed by atoms with van der Waals surface area (Å²) in [6, 6.07) is 10.0. The molecule has 0 aliphatic carbocycles. The number of hydrogen-bond acceptors (Lipinski definition) is 8. The molecule has 0 N–H and O–H groups in total. The first-order valence-electron chi connectivity index (χ1n) is 9.83. The SMILES string of the molecule is c1ccc2nc(N3CCN(Cc4ccon4)CC3)c(N3CCOCC3)nc2c1. The Balaban J connectivity index is 1.39. The van der Waals surface area contributed by atoms with Gasteiger partial charge in [0.25, 0.3) is 0 Å². The largest absolute Gasteiger partial charge is 0.378 e. The molecule has 2 aromatic heterocycles. The Labute approximate surface area is 163 Å². The fourth-order valence-corrected chi connectivity index (χ4v) is 3.85. The van der Waals surface area contributed by atoms with E-state index in [1.807, 2.05) is 30.3 Å². The van der Waals surface area contributed by atoms with Crippen molar-refractivity contribution < 1.29 is 9.26 Å². The number of para-hydroxylation sites is 2. The molecule has 5 rings (SSSR count). The van der Waals surface area contributed by atoms with Gasteiger partial charge in [-0.2, -0.15) is 0 Å². The summed E-state index contributed by atoms with van der Waals surface area (Å²) in [5.74, 6) is 1.97. The summed E-state index contributed by atoms with van der Waals surface area (Å²) < 4.78 is 10.5. The van der Waals surface area contributed by atoms with Crippen LogP contribution in [0.1, 0.15) is 5.69 Å². The standard InChI is InChI=1S/C20H24N6O2/c1-2-4-18-17(3-1)21-19(20(22-18)26-10-13-27-14-11-26)25-8-6-24(7-9-25)15-16-5-12-28-23-16/h1-5,12H,6-11,13-15H2. The van der Waals surface area contributed by atoms with Crippen LogP contribution in [0.4, 0.5) is 11.6 Å². The Hall–Kier alpha value is -2.71. The van der Waals surface area contributed by atoms with Gasteiger partial charge in [-0.05, 0) is 12.1 Å². The molecule has 146 valence electrons. The molecule has 2 aliphatic heterocycles. The maximum Gasteiger partial charge on any atom is 0.172 e. The molecule has 0 saturated carbocycles. The van der Waals surface area contributed by atoms with E-state index in [4.69, 9.17) is 19.2 Å². The first-order chi connectivity index (χ1) is 13.9. The third-order valence-electron chi connectivity index (χ3n) is 5.39. The lowest BCUT2D eigenvalue weighted by atomic mass is 10.2. The van der Waals surface area contributed by atoms with E-state index in [2.05, 4.69) is 19.9 Å². The van der Waals surface area contributed by atoms with Crippen molar-refractivity contribution in [2.75, 3.05) is 62.3 Å². The molecule has 0 spiro atoms. The van der Waals surface area contributed by atoms with E-state index in [1.165, 1.54) is 0 Å². The van der Waals surface area contributed by atoms with Gasteiger partial charge in [0.15, 0.2) is 11.6 Å². The Morgan fingerprint density at radius 2 is 1.43 bits per heavy atom. The van der Waals surface area contributed by atoms with E-state index >= 15 is 0 Å². The van der Waals surface area contributed by atoms with E-state index in [0.29, 0.717) is 0 Å². The van der Waals surface area contributed by atoms with Crippen molar-refractivity contribution in [3.05, 3.63) is 42.3 Å². The van der Waals surface area contributed by atoms with E-state index < -0.39 is 0 Å². The molecule has 2 saturated heterocycles. The van der Waals surface area contributed by atoms with Gasteiger partial charge in [0, 0.05) is 51.9 Å². The number of piperazine rings is 1. The number of fused-ring (bicyclic) bond motifs is 1. The average molecular weight is 380 g/mol. The lowest BCUT2D eigenvalue weighted by molar-refractivity contribution is 0.122. The van der Waals surface area contributed by atoms with Crippen LogP contribution < -0.4 is 9.80 Å². The molecule has 0 radical (unpaired) electrons. The van der Waals surface area contributed by atoms with Gasteiger partial charge >= 0.3 is 0 Å². The van der Waals surface area contributed by atoms with Crippen molar-refractivity contribution in [3.63, 3.8) is 0 Å². The van der Waals surface area contributed by atoms with Gasteiger partial charge in [-0.3, -0.25) is 4.90 Å². The fourth-order valence-electron chi connectivity index (χ4n) is 3.85. The Morgan fingerprint density at radius 3 is 2.04 bits per heavy atom. The summed E-state index contributed by atoms with van der Waals surface area (Å²) in [6.07, 6.45) is 1.63. The minimum Gasteiger partial charge on any atom is -0.378 e. The second-order valence-corrected chi connectivity index (χ2v) is 7.21. The van der Waals surface area contributed by atoms with Crippen LogP contribution in [0, 0.1) is 0 Å². The van der Waals surface area contributed by atoms with Crippen molar-refractivity contribution in [2.45, 2.75) is 6.54 Å². The van der Waals surface area contributed by atoms with Crippen molar-refractivity contribution >= 4 is 22.7 Å². The summed E-state index contributed by atoms with van der Waals surface area (Å²) in [5, 5.41) is 4.03. The van der Waals surface area contributed by atoms with Gasteiger partial charge in [-0.15, -0.1) is 0 Å². The van der Waals surface area contributed by atoms with Crippen LogP contribution in [-0.2, 0) is 11.3 Å². The number of nitrogens with zero attached hydrogens (tertiary/aromatic N) is 6. The molecule has 0 atom stereocenters. The topological polar surface area (TPSA) is 70.8 Å². The van der Waals surface area contributed by atoms with Gasteiger partial charge in [0.05, 0.1) is 29.9 Å². The van der Waals surface area contributed by atoms with Crippen molar-refractivity contribution in [1.82, 2.24) is 20.0 Å². The second-order valence-electron chi connectivity index (χ2n) is 7.21.